The van der Waals surface area contributed by atoms with E-state index in [2.05, 4.69) is 4.74 Å². The van der Waals surface area contributed by atoms with Crippen molar-refractivity contribution in [3.63, 3.8) is 0 Å². The molecule has 0 amide bonds. The second-order valence-electron chi connectivity index (χ2n) is 2.10. The molecule has 1 aromatic carbocycles. The number of phenolic OH excluding ortho intramolecular Hbond substituents is 1. The summed E-state index contributed by atoms with van der Waals surface area (Å²) in [4.78, 5) is 10.1. The van der Waals surface area contributed by atoms with Gasteiger partial charge in [0, 0.05) is 12.1 Å². The van der Waals surface area contributed by atoms with Gasteiger partial charge in [-0.3, -0.25) is 0 Å². The third kappa shape index (κ3) is 2.40. The van der Waals surface area contributed by atoms with Crippen LogP contribution in [0.4, 0.5) is 4.79 Å². The van der Waals surface area contributed by atoms with Crippen LogP contribution in [0.3, 0.4) is 0 Å². The number of aromatic hydroxyl groups is 1. The average molecular weight is 223 g/mol. The molecule has 4 nitrogen and oxygen atoms in total. The van der Waals surface area contributed by atoms with E-state index in [1.807, 2.05) is 0 Å². The smallest absolute Gasteiger partial charge is 0.504 e. The van der Waals surface area contributed by atoms with Crippen LogP contribution in [0, 0.1) is 0 Å². The number of phenols is 1. The SMILES string of the molecule is O=C(O)Oc1cc(Cl)c(Cl)cc1O. The molecule has 6 heteroatoms. The lowest BCUT2D eigenvalue weighted by molar-refractivity contribution is 0.143. The highest BCUT2D eigenvalue weighted by Gasteiger charge is 2.10. The molecule has 0 aliphatic rings. The highest BCUT2D eigenvalue weighted by molar-refractivity contribution is 6.42. The van der Waals surface area contributed by atoms with Crippen LogP contribution in [0.15, 0.2) is 12.1 Å². The molecule has 2 N–H and O–H groups in total. The Hall–Kier alpha value is -1.13. The summed E-state index contributed by atoms with van der Waals surface area (Å²) in [6.45, 7) is 0. The second kappa shape index (κ2) is 3.72. The minimum absolute atomic E-state index is 0.107. The Morgan fingerprint density at radius 1 is 1.31 bits per heavy atom. The van der Waals surface area contributed by atoms with Crippen molar-refractivity contribution in [1.29, 1.82) is 0 Å². The summed E-state index contributed by atoms with van der Waals surface area (Å²) in [5, 5.41) is 17.6. The van der Waals surface area contributed by atoms with E-state index in [9.17, 15) is 4.79 Å². The van der Waals surface area contributed by atoms with Crippen LogP contribution in [-0.2, 0) is 0 Å². The van der Waals surface area contributed by atoms with Gasteiger partial charge in [0.1, 0.15) is 0 Å². The van der Waals surface area contributed by atoms with Crippen LogP contribution >= 0.6 is 23.2 Å². The van der Waals surface area contributed by atoms with Gasteiger partial charge in [0.25, 0.3) is 0 Å². The van der Waals surface area contributed by atoms with Gasteiger partial charge in [-0.25, -0.2) is 4.79 Å². The van der Waals surface area contributed by atoms with Crippen molar-refractivity contribution in [3.05, 3.63) is 22.2 Å². The summed E-state index contributed by atoms with van der Waals surface area (Å²) in [7, 11) is 0. The van der Waals surface area contributed by atoms with Gasteiger partial charge in [0.2, 0.25) is 0 Å². The quantitative estimate of drug-likeness (QED) is 0.567. The summed E-state index contributed by atoms with van der Waals surface area (Å²) in [5.74, 6) is -0.626. The van der Waals surface area contributed by atoms with Crippen molar-refractivity contribution in [3.8, 4) is 11.5 Å². The van der Waals surface area contributed by atoms with Gasteiger partial charge in [-0.2, -0.15) is 0 Å². The molecule has 1 rings (SSSR count). The number of hydrogen-bond donors (Lipinski definition) is 2. The molecular weight excluding hydrogens is 219 g/mol. The molecule has 0 bridgehead atoms. The van der Waals surface area contributed by atoms with Crippen molar-refractivity contribution in [2.75, 3.05) is 0 Å². The zero-order valence-corrected chi connectivity index (χ0v) is 7.63. The zero-order chi connectivity index (χ0) is 10.0. The number of halogens is 2. The van der Waals surface area contributed by atoms with E-state index < -0.39 is 6.16 Å². The van der Waals surface area contributed by atoms with Crippen molar-refractivity contribution >= 4 is 29.4 Å². The third-order valence-corrected chi connectivity index (χ3v) is 1.92. The summed E-state index contributed by atoms with van der Waals surface area (Å²) in [5.41, 5.74) is 0. The first-order valence-corrected chi connectivity index (χ1v) is 3.85. The van der Waals surface area contributed by atoms with E-state index in [4.69, 9.17) is 33.4 Å². The topological polar surface area (TPSA) is 66.8 Å². The maximum absolute atomic E-state index is 10.1. The van der Waals surface area contributed by atoms with E-state index in [1.165, 1.54) is 0 Å². The van der Waals surface area contributed by atoms with Gasteiger partial charge in [-0.15, -0.1) is 0 Å². The molecule has 0 radical (unpaired) electrons. The molecule has 0 saturated heterocycles. The van der Waals surface area contributed by atoms with Gasteiger partial charge in [-0.05, 0) is 0 Å². The molecule has 13 heavy (non-hydrogen) atoms. The number of rotatable bonds is 1. The summed E-state index contributed by atoms with van der Waals surface area (Å²) >= 11 is 11.1. The minimum Gasteiger partial charge on any atom is -0.504 e. The monoisotopic (exact) mass is 222 g/mol. The summed E-state index contributed by atoms with van der Waals surface area (Å²) in [6, 6.07) is 2.22. The Balaban J connectivity index is 3.08. The Labute approximate surface area is 83.3 Å². The van der Waals surface area contributed by atoms with Gasteiger partial charge < -0.3 is 14.9 Å². The van der Waals surface area contributed by atoms with E-state index in [-0.39, 0.29) is 21.5 Å². The van der Waals surface area contributed by atoms with Gasteiger partial charge >= 0.3 is 6.16 Å². The Bertz CT molecular complexity index is 351. The van der Waals surface area contributed by atoms with E-state index in [0.29, 0.717) is 0 Å². The first kappa shape index (κ1) is 9.95. The second-order valence-corrected chi connectivity index (χ2v) is 2.92. The Kier molecular flexibility index (Phi) is 2.85. The first-order valence-electron chi connectivity index (χ1n) is 3.09. The number of carbonyl (C=O) groups is 1. The molecule has 0 aromatic heterocycles. The van der Waals surface area contributed by atoms with E-state index in [1.54, 1.807) is 0 Å². The summed E-state index contributed by atoms with van der Waals surface area (Å²) < 4.78 is 4.20. The highest BCUT2D eigenvalue weighted by Crippen LogP contribution is 2.34. The molecule has 70 valence electrons. The number of carboxylic acid groups (broad SMARTS) is 1. The molecule has 0 heterocycles. The third-order valence-electron chi connectivity index (χ3n) is 1.20. The molecule has 1 aromatic rings. The molecule has 0 aliphatic carbocycles. The first-order chi connectivity index (χ1) is 6.00. The molecular formula is C7H4Cl2O4. The van der Waals surface area contributed by atoms with Gasteiger partial charge in [-0.1, -0.05) is 23.2 Å². The fourth-order valence-electron chi connectivity index (χ4n) is 0.694. The van der Waals surface area contributed by atoms with Crippen LogP contribution in [0.25, 0.3) is 0 Å². The maximum atomic E-state index is 10.1. The predicted octanol–water partition coefficient (Wildman–Crippen LogP) is 2.76. The van der Waals surface area contributed by atoms with Crippen LogP contribution in [0.2, 0.25) is 10.0 Å². The van der Waals surface area contributed by atoms with Crippen molar-refractivity contribution in [1.82, 2.24) is 0 Å². The maximum Gasteiger partial charge on any atom is 0.511 e. The number of hydrogen-bond acceptors (Lipinski definition) is 3. The fraction of sp³-hybridized carbons (Fsp3) is 0. The van der Waals surface area contributed by atoms with Crippen LogP contribution in [-0.4, -0.2) is 16.4 Å². The van der Waals surface area contributed by atoms with Crippen molar-refractivity contribution in [2.45, 2.75) is 0 Å². The lowest BCUT2D eigenvalue weighted by atomic mass is 10.3. The molecule has 0 aliphatic heterocycles. The van der Waals surface area contributed by atoms with Crippen molar-refractivity contribution in [2.24, 2.45) is 0 Å². The minimum atomic E-state index is -1.53. The van der Waals surface area contributed by atoms with Crippen LogP contribution in [0.1, 0.15) is 0 Å². The molecule has 0 atom stereocenters. The van der Waals surface area contributed by atoms with E-state index >= 15 is 0 Å². The molecule has 0 saturated carbocycles. The zero-order valence-electron chi connectivity index (χ0n) is 6.12. The average Bonchev–Trinajstić information content (AvgIpc) is 1.99. The fourth-order valence-corrected chi connectivity index (χ4v) is 1.01. The molecule has 0 unspecified atom stereocenters. The van der Waals surface area contributed by atoms with Crippen molar-refractivity contribution < 1.29 is 19.7 Å². The van der Waals surface area contributed by atoms with E-state index in [0.717, 1.165) is 12.1 Å². The van der Waals surface area contributed by atoms with Gasteiger partial charge in [0.15, 0.2) is 11.5 Å². The lowest BCUT2D eigenvalue weighted by Crippen LogP contribution is -2.02. The lowest BCUT2D eigenvalue weighted by Gasteiger charge is -2.03. The standard InChI is InChI=1S/C7H4Cl2O4/c8-3-1-5(10)6(2-4(3)9)13-7(11)12/h1-2,10H,(H,11,12). The molecule has 0 fully saturated rings. The normalized spacial score (nSPS) is 9.69. The number of benzene rings is 1. The highest BCUT2D eigenvalue weighted by atomic mass is 35.5. The molecule has 0 spiro atoms. The Morgan fingerprint density at radius 2 is 1.85 bits per heavy atom. The van der Waals surface area contributed by atoms with Crippen LogP contribution < -0.4 is 4.74 Å². The predicted molar refractivity (Wildman–Crippen MR) is 46.8 cm³/mol. The van der Waals surface area contributed by atoms with Gasteiger partial charge in [0.05, 0.1) is 10.0 Å². The summed E-state index contributed by atoms with van der Waals surface area (Å²) in [6.07, 6.45) is -1.53. The Morgan fingerprint density at radius 3 is 2.38 bits per heavy atom. The number of ether oxygens (including phenoxy) is 1. The largest absolute Gasteiger partial charge is 0.511 e. The van der Waals surface area contributed by atoms with Crippen LogP contribution in [0.5, 0.6) is 11.5 Å².